The Morgan fingerprint density at radius 3 is 1.87 bits per heavy atom. The van der Waals surface area contributed by atoms with E-state index in [1.807, 2.05) is 0 Å². The fraction of sp³-hybridized carbons (Fsp3) is 0.733. The summed E-state index contributed by atoms with van der Waals surface area (Å²) in [5.74, 6) is 1.73. The molecule has 0 spiro atoms. The van der Waals surface area contributed by atoms with Crippen LogP contribution in [0.4, 0.5) is 11.6 Å². The van der Waals surface area contributed by atoms with Crippen LogP contribution in [-0.4, -0.2) is 57.7 Å². The molecule has 8 nitrogen and oxygen atoms in total. The third-order valence-corrected chi connectivity index (χ3v) is 4.75. The van der Waals surface area contributed by atoms with Crippen molar-refractivity contribution in [2.75, 3.05) is 36.0 Å². The van der Waals surface area contributed by atoms with Crippen molar-refractivity contribution in [2.45, 2.75) is 44.6 Å². The molecule has 4 rings (SSSR count). The quantitative estimate of drug-likeness (QED) is 0.887. The molecule has 0 aliphatic carbocycles. The van der Waals surface area contributed by atoms with Crippen LogP contribution in [0, 0.1) is 0 Å². The van der Waals surface area contributed by atoms with Crippen molar-refractivity contribution in [2.24, 2.45) is 0 Å². The number of hydrogen-bond donors (Lipinski definition) is 1. The summed E-state index contributed by atoms with van der Waals surface area (Å²) in [5, 5.41) is 17.4. The first-order chi connectivity index (χ1) is 11.3. The van der Waals surface area contributed by atoms with Gasteiger partial charge in [0.15, 0.2) is 11.6 Å². The lowest BCUT2D eigenvalue weighted by Crippen LogP contribution is -2.38. The van der Waals surface area contributed by atoms with Crippen LogP contribution in [-0.2, 0) is 0 Å². The fourth-order valence-corrected chi connectivity index (χ4v) is 3.41. The number of rotatable bonds is 2. The van der Waals surface area contributed by atoms with E-state index in [1.54, 1.807) is 0 Å². The molecule has 0 bridgehead atoms. The Morgan fingerprint density at radius 2 is 1.30 bits per heavy atom. The minimum atomic E-state index is -0.210. The number of hydrogen-bond acceptors (Lipinski definition) is 8. The molecule has 2 aliphatic heterocycles. The first-order valence-electron chi connectivity index (χ1n) is 8.49. The first-order valence-corrected chi connectivity index (χ1v) is 8.49. The topological polar surface area (TPSA) is 91.4 Å². The highest BCUT2D eigenvalue weighted by atomic mass is 16.6. The molecule has 0 radical (unpaired) electrons. The van der Waals surface area contributed by atoms with Crippen LogP contribution in [0.2, 0.25) is 0 Å². The Balaban J connectivity index is 1.72. The third-order valence-electron chi connectivity index (χ3n) is 4.75. The zero-order valence-corrected chi connectivity index (χ0v) is 13.2. The summed E-state index contributed by atoms with van der Waals surface area (Å²) in [7, 11) is 0. The number of fused-ring (bicyclic) bond motifs is 1. The molecule has 0 atom stereocenters. The summed E-state index contributed by atoms with van der Waals surface area (Å²) in [6.45, 7) is 3.56. The highest BCUT2D eigenvalue weighted by Gasteiger charge is 2.26. The number of aliphatic hydroxyl groups is 1. The molecule has 124 valence electrons. The van der Waals surface area contributed by atoms with Gasteiger partial charge in [-0.3, -0.25) is 0 Å². The van der Waals surface area contributed by atoms with E-state index >= 15 is 0 Å². The second-order valence-electron chi connectivity index (χ2n) is 6.40. The minimum Gasteiger partial charge on any atom is -0.393 e. The predicted molar refractivity (Wildman–Crippen MR) is 85.5 cm³/mol. The summed E-state index contributed by atoms with van der Waals surface area (Å²) in [5.41, 5.74) is 0.912. The summed E-state index contributed by atoms with van der Waals surface area (Å²) < 4.78 is 4.79. The molecule has 1 N–H and O–H groups in total. The average Bonchev–Trinajstić information content (AvgIpc) is 2.86. The predicted octanol–water partition coefficient (Wildman–Crippen LogP) is 1.35. The van der Waals surface area contributed by atoms with Gasteiger partial charge in [0.2, 0.25) is 11.3 Å². The van der Waals surface area contributed by atoms with E-state index in [0.717, 1.165) is 50.7 Å². The lowest BCUT2D eigenvalue weighted by Gasteiger charge is -2.33. The molecule has 0 amide bonds. The van der Waals surface area contributed by atoms with Crippen LogP contribution in [0.5, 0.6) is 0 Å². The zero-order valence-electron chi connectivity index (χ0n) is 13.2. The smallest absolute Gasteiger partial charge is 0.245 e. The Bertz CT molecular complexity index is 659. The van der Waals surface area contributed by atoms with Crippen LogP contribution in [0.3, 0.4) is 0 Å². The molecule has 4 heterocycles. The van der Waals surface area contributed by atoms with Gasteiger partial charge in [-0.1, -0.05) is 12.8 Å². The van der Waals surface area contributed by atoms with E-state index in [4.69, 9.17) is 4.63 Å². The molecule has 2 aliphatic rings. The van der Waals surface area contributed by atoms with Gasteiger partial charge in [0.1, 0.15) is 0 Å². The van der Waals surface area contributed by atoms with Crippen molar-refractivity contribution >= 4 is 22.9 Å². The Labute approximate surface area is 134 Å². The maximum absolute atomic E-state index is 9.76. The molecular formula is C15H22N6O2. The number of nitrogens with zero attached hydrogens (tertiary/aromatic N) is 6. The number of aromatic nitrogens is 4. The van der Waals surface area contributed by atoms with Gasteiger partial charge >= 0.3 is 0 Å². The maximum atomic E-state index is 9.76. The Kier molecular flexibility index (Phi) is 3.99. The van der Waals surface area contributed by atoms with Crippen molar-refractivity contribution in [3.05, 3.63) is 0 Å². The SMILES string of the molecule is OC1CCN(c2nc3nonc3nc2N2CCCCCC2)CC1. The second-order valence-corrected chi connectivity index (χ2v) is 6.40. The Hall–Kier alpha value is -1.96. The summed E-state index contributed by atoms with van der Waals surface area (Å²) in [6, 6.07) is 0. The largest absolute Gasteiger partial charge is 0.393 e. The average molecular weight is 318 g/mol. The van der Waals surface area contributed by atoms with Gasteiger partial charge in [-0.05, 0) is 36.0 Å². The molecule has 0 unspecified atom stereocenters. The van der Waals surface area contributed by atoms with Gasteiger partial charge < -0.3 is 14.9 Å². The fourth-order valence-electron chi connectivity index (χ4n) is 3.41. The van der Waals surface area contributed by atoms with Crippen molar-refractivity contribution in [1.82, 2.24) is 20.3 Å². The molecule has 2 aromatic heterocycles. The molecule has 23 heavy (non-hydrogen) atoms. The van der Waals surface area contributed by atoms with Crippen molar-refractivity contribution in [3.63, 3.8) is 0 Å². The van der Waals surface area contributed by atoms with E-state index < -0.39 is 0 Å². The van der Waals surface area contributed by atoms with Gasteiger partial charge in [0.05, 0.1) is 6.10 Å². The lowest BCUT2D eigenvalue weighted by atomic mass is 10.1. The van der Waals surface area contributed by atoms with E-state index in [0.29, 0.717) is 11.3 Å². The highest BCUT2D eigenvalue weighted by molar-refractivity contribution is 5.74. The molecule has 0 aromatic carbocycles. The number of anilines is 2. The van der Waals surface area contributed by atoms with Crippen LogP contribution in [0.15, 0.2) is 4.63 Å². The monoisotopic (exact) mass is 318 g/mol. The molecule has 2 fully saturated rings. The van der Waals surface area contributed by atoms with Crippen LogP contribution in [0.1, 0.15) is 38.5 Å². The molecular weight excluding hydrogens is 296 g/mol. The van der Waals surface area contributed by atoms with Gasteiger partial charge in [0.25, 0.3) is 0 Å². The molecule has 0 saturated carbocycles. The van der Waals surface area contributed by atoms with Crippen molar-refractivity contribution < 1.29 is 9.74 Å². The molecule has 8 heteroatoms. The normalized spacial score (nSPS) is 20.9. The lowest BCUT2D eigenvalue weighted by molar-refractivity contribution is 0.145. The van der Waals surface area contributed by atoms with Gasteiger partial charge in [0, 0.05) is 26.2 Å². The van der Waals surface area contributed by atoms with E-state index in [9.17, 15) is 5.11 Å². The summed E-state index contributed by atoms with van der Waals surface area (Å²) in [4.78, 5) is 13.9. The van der Waals surface area contributed by atoms with Gasteiger partial charge in [-0.25, -0.2) is 14.6 Å². The van der Waals surface area contributed by atoms with Crippen LogP contribution < -0.4 is 9.80 Å². The van der Waals surface area contributed by atoms with E-state index in [-0.39, 0.29) is 6.10 Å². The summed E-state index contributed by atoms with van der Waals surface area (Å²) >= 11 is 0. The highest BCUT2D eigenvalue weighted by Crippen LogP contribution is 2.30. The van der Waals surface area contributed by atoms with Crippen molar-refractivity contribution in [1.29, 1.82) is 0 Å². The van der Waals surface area contributed by atoms with E-state index in [2.05, 4.69) is 30.1 Å². The molecule has 2 saturated heterocycles. The van der Waals surface area contributed by atoms with Crippen molar-refractivity contribution in [3.8, 4) is 0 Å². The van der Waals surface area contributed by atoms with E-state index in [1.165, 1.54) is 25.7 Å². The Morgan fingerprint density at radius 1 is 0.783 bits per heavy atom. The van der Waals surface area contributed by atoms with Gasteiger partial charge in [-0.15, -0.1) is 0 Å². The van der Waals surface area contributed by atoms with Crippen LogP contribution in [0.25, 0.3) is 11.3 Å². The first kappa shape index (κ1) is 14.6. The standard InChI is InChI=1S/C15H22N6O2/c22-11-5-9-21(10-6-11)15-14(20-7-3-1-2-4-8-20)16-12-13(17-15)19-23-18-12/h11,22H,1-10H2. The van der Waals surface area contributed by atoms with Crippen LogP contribution >= 0.6 is 0 Å². The number of aliphatic hydroxyl groups excluding tert-OH is 1. The minimum absolute atomic E-state index is 0.210. The zero-order chi connectivity index (χ0) is 15.6. The number of piperidine rings is 1. The summed E-state index contributed by atoms with van der Waals surface area (Å²) in [6.07, 6.45) is 6.20. The third kappa shape index (κ3) is 2.95. The van der Waals surface area contributed by atoms with Gasteiger partial charge in [-0.2, -0.15) is 0 Å². The second kappa shape index (κ2) is 6.27. The molecule has 2 aromatic rings. The maximum Gasteiger partial charge on any atom is 0.245 e.